The molecule has 19 atom stereocenters. The van der Waals surface area contributed by atoms with Crippen LogP contribution in [0.5, 0.6) is 5.75 Å². The number of anilines is 1. The molecule has 24 nitrogen and oxygen atoms in total. The van der Waals surface area contributed by atoms with Crippen molar-refractivity contribution in [3.8, 4) is 5.75 Å². The number of amides is 2. The normalized spacial score (nSPS) is 35.7. The van der Waals surface area contributed by atoms with Crippen molar-refractivity contribution in [3.63, 3.8) is 0 Å². The Morgan fingerprint density at radius 2 is 1.50 bits per heavy atom. The number of esters is 1. The predicted molar refractivity (Wildman–Crippen MR) is 364 cm³/mol. The number of phenolic OH excluding ortho intramolecular Hbond substituents is 1. The summed E-state index contributed by atoms with van der Waals surface area (Å²) in [6.07, 6.45) is 11.5. The molecule has 4 fully saturated rings. The van der Waals surface area contributed by atoms with Gasteiger partial charge in [0.15, 0.2) is 17.2 Å². The van der Waals surface area contributed by atoms with Gasteiger partial charge in [0.05, 0.1) is 36.0 Å². The number of hydrogen-bond donors (Lipinski definition) is 8. The zero-order chi connectivity index (χ0) is 72.7. The fourth-order valence-electron chi connectivity index (χ4n) is 15.8. The van der Waals surface area contributed by atoms with E-state index in [1.807, 2.05) is 77.1 Å². The minimum atomic E-state index is -2.63. The molecule has 7 aliphatic rings. The van der Waals surface area contributed by atoms with Crippen molar-refractivity contribution < 1.29 is 97.8 Å². The standard InChI is InChI=1S/C51H79NO13.C23H27N3O7/c1-30-16-12-11-13-17-31(2)42(61-8)28-38-21-19-36(7)51(60,65-38)48(57)49(58)52-23-15-14-18-39(52)50(59)64-43(33(4)26-37-20-22-40(53)44(27-37)62-9)29-41(54)32(3)25-35(6)46(56)47(63-10)45(55)34(5)24-30;1-25(2)12-5-6-13(27)15-10(12)7-9-8-11-17(26(3)4)19(29)16(22(24)32)21(31)23(11,33)20(30)14(9)18(15)28/h11-13,16-17,25,30,32-34,36-40,42-44,46-47,53,56,60H,14-15,18-24,26-29H2,1-10H3;5-6,9,11,17,27-28,31,33H,7-8H2,1-4H3,(H2,24,32)/b13-11?,16-12+,31-17?,35-25+;/t30-,32-,33-,34-,36-,37+,38+,39+,40-,42+,43+,44-,46-,47+,51-;9-,11-,17-,23-/m10/s1. The first-order valence-corrected chi connectivity index (χ1v) is 34.4. The fourth-order valence-corrected chi connectivity index (χ4v) is 15.8. The second-order valence-corrected chi connectivity index (χ2v) is 28.9. The zero-order valence-electron chi connectivity index (χ0n) is 59.4. The molecule has 0 radical (unpaired) electrons. The number of fused-ring (bicyclic) bond motifs is 6. The summed E-state index contributed by atoms with van der Waals surface area (Å²) in [6.45, 7) is 12.7. The van der Waals surface area contributed by atoms with Crippen LogP contribution in [0, 0.1) is 47.3 Å². The lowest BCUT2D eigenvalue weighted by Crippen LogP contribution is -2.65. The van der Waals surface area contributed by atoms with Gasteiger partial charge in [0, 0.05) is 89.7 Å². The molecule has 2 saturated heterocycles. The van der Waals surface area contributed by atoms with Crippen LogP contribution in [0.25, 0.3) is 5.76 Å². The lowest BCUT2D eigenvalue weighted by Gasteiger charge is -2.50. The number of primary amides is 1. The van der Waals surface area contributed by atoms with E-state index < -0.39 is 142 Å². The number of ketones is 5. The number of likely N-dealkylation sites (N-methyl/N-ethyl adjacent to an activating group) is 1. The molecule has 98 heavy (non-hydrogen) atoms. The number of benzene rings is 1. The van der Waals surface area contributed by atoms with Crippen LogP contribution in [-0.2, 0) is 68.5 Å². The number of phenols is 1. The fraction of sp³-hybridized carbons (Fsp3) is 0.649. The summed E-state index contributed by atoms with van der Waals surface area (Å²) in [5.74, 6) is -14.5. The molecule has 3 aliphatic heterocycles. The van der Waals surface area contributed by atoms with E-state index in [4.69, 9.17) is 29.4 Å². The molecule has 8 rings (SSSR count). The minimum absolute atomic E-state index is 0.0193. The Morgan fingerprint density at radius 1 is 0.806 bits per heavy atom. The van der Waals surface area contributed by atoms with Gasteiger partial charge in [-0.05, 0) is 158 Å². The lowest BCUT2D eigenvalue weighted by molar-refractivity contribution is -0.265. The highest BCUT2D eigenvalue weighted by Crippen LogP contribution is 2.54. The summed E-state index contributed by atoms with van der Waals surface area (Å²) in [6, 6.07) is 0.868. The van der Waals surface area contributed by atoms with Crippen molar-refractivity contribution >= 4 is 58.1 Å². The average Bonchev–Trinajstić information content (AvgIpc) is 0.700. The number of nitrogens with zero attached hydrogens (tertiary/aromatic N) is 3. The number of cyclic esters (lactones) is 1. The van der Waals surface area contributed by atoms with Crippen LogP contribution < -0.4 is 10.6 Å². The van der Waals surface area contributed by atoms with Crippen LogP contribution in [0.4, 0.5) is 5.69 Å². The molecule has 0 aromatic heterocycles. The molecule has 9 N–H and O–H groups in total. The first-order chi connectivity index (χ1) is 46.1. The van der Waals surface area contributed by atoms with Gasteiger partial charge in [-0.2, -0.15) is 0 Å². The number of hydrogen-bond acceptors (Lipinski definition) is 22. The third-order valence-electron chi connectivity index (χ3n) is 21.5. The number of aliphatic hydroxyl groups is 6. The van der Waals surface area contributed by atoms with E-state index in [2.05, 4.69) is 0 Å². The molecular weight excluding hydrogens is 1260 g/mol. The van der Waals surface area contributed by atoms with E-state index in [0.29, 0.717) is 68.9 Å². The number of carbonyl (C=O) groups is 8. The summed E-state index contributed by atoms with van der Waals surface area (Å²) in [4.78, 5) is 114. The minimum Gasteiger partial charge on any atom is -0.508 e. The molecule has 0 spiro atoms. The van der Waals surface area contributed by atoms with Gasteiger partial charge in [0.2, 0.25) is 11.6 Å². The molecule has 1 aromatic carbocycles. The van der Waals surface area contributed by atoms with Gasteiger partial charge in [-0.15, -0.1) is 0 Å². The monoisotopic (exact) mass is 1370 g/mol. The zero-order valence-corrected chi connectivity index (χ0v) is 59.4. The number of nitrogens with two attached hydrogens (primary N) is 1. The highest BCUT2D eigenvalue weighted by atomic mass is 16.6. The Bertz CT molecular complexity index is 3350. The molecule has 542 valence electrons. The Hall–Kier alpha value is -6.74. The first-order valence-electron chi connectivity index (χ1n) is 34.4. The summed E-state index contributed by atoms with van der Waals surface area (Å²) < 4.78 is 29.4. The molecule has 4 aliphatic carbocycles. The van der Waals surface area contributed by atoms with Crippen molar-refractivity contribution in [2.24, 2.45) is 53.1 Å². The number of allylic oxidation sites excluding steroid dienone is 6. The number of Topliss-reactive ketones (excluding diaryl/α,β-unsaturated/α-hetero) is 5. The van der Waals surface area contributed by atoms with Crippen molar-refractivity contribution in [2.45, 2.75) is 205 Å². The van der Waals surface area contributed by atoms with E-state index in [1.165, 1.54) is 23.0 Å². The molecule has 2 bridgehead atoms. The first kappa shape index (κ1) is 78.6. The van der Waals surface area contributed by atoms with Crippen molar-refractivity contribution in [1.29, 1.82) is 0 Å². The van der Waals surface area contributed by atoms with Gasteiger partial charge in [0.1, 0.15) is 53.0 Å². The molecule has 2 saturated carbocycles. The van der Waals surface area contributed by atoms with Crippen molar-refractivity contribution in [1.82, 2.24) is 9.80 Å². The maximum atomic E-state index is 14.4. The summed E-state index contributed by atoms with van der Waals surface area (Å²) in [5, 5.41) is 77.7. The maximum Gasteiger partial charge on any atom is 0.329 e. The van der Waals surface area contributed by atoms with E-state index in [-0.39, 0.29) is 84.5 Å². The largest absolute Gasteiger partial charge is 0.508 e. The molecule has 0 unspecified atom stereocenters. The molecule has 2 amide bonds. The van der Waals surface area contributed by atoms with Crippen molar-refractivity contribution in [3.05, 3.63) is 87.8 Å². The summed E-state index contributed by atoms with van der Waals surface area (Å²) >= 11 is 0. The van der Waals surface area contributed by atoms with Gasteiger partial charge in [-0.1, -0.05) is 71.1 Å². The van der Waals surface area contributed by atoms with Crippen molar-refractivity contribution in [2.75, 3.05) is 61.0 Å². The SMILES string of the molecule is CN(C)c1ccc(O)c2c1C[C@H]1C[C@H]3[C@H](N(C)C)C(=O)C(C(N)=O)=C(O)[C@@]3(O)C(=O)C1=C2O.CO[C@H]1C[C@@H]2CC[C@@H](C)[C@@](O)(O2)C(=O)C(=O)N2CCCC[C@H]2C(=O)O[C@H]([C@H](C)C[C@@H]2CC[C@@H](O)[C@H](OC)C2)CC(=O)[C@H](C)/C=C(\C)[C@@H](O)[C@@H](OC)C(=O)[C@H](C)C[C@H](C)/C=C/C=CC=C1C. The average molecular weight is 1370 g/mol. The Morgan fingerprint density at radius 3 is 2.13 bits per heavy atom. The Kier molecular flexibility index (Phi) is 26.6. The Balaban J connectivity index is 0.000000340. The summed E-state index contributed by atoms with van der Waals surface area (Å²) in [7, 11) is 11.3. The third kappa shape index (κ3) is 16.7. The number of ether oxygens (including phenoxy) is 5. The van der Waals surface area contributed by atoms with Crippen LogP contribution in [0.2, 0.25) is 0 Å². The smallest absolute Gasteiger partial charge is 0.329 e. The molecule has 1 aromatic rings. The Labute approximate surface area is 575 Å². The maximum absolute atomic E-state index is 14.4. The number of methoxy groups -OCH3 is 3. The molecule has 24 heteroatoms. The lowest BCUT2D eigenvalue weighted by atomic mass is 9.57. The van der Waals surface area contributed by atoms with Gasteiger partial charge in [-0.3, -0.25) is 38.5 Å². The quantitative estimate of drug-likeness (QED) is 0.0589. The van der Waals surface area contributed by atoms with E-state index in [9.17, 15) is 74.1 Å². The van der Waals surface area contributed by atoms with Crippen LogP contribution in [0.15, 0.2) is 76.6 Å². The van der Waals surface area contributed by atoms with Gasteiger partial charge < -0.3 is 75.0 Å². The highest BCUT2D eigenvalue weighted by molar-refractivity contribution is 6.39. The van der Waals surface area contributed by atoms with Gasteiger partial charge >= 0.3 is 5.97 Å². The number of rotatable bonds is 9. The van der Waals surface area contributed by atoms with Crippen LogP contribution in [-0.4, -0.2) is 215 Å². The van der Waals surface area contributed by atoms with Gasteiger partial charge in [0.25, 0.3) is 17.6 Å². The second kappa shape index (κ2) is 33.2. The van der Waals surface area contributed by atoms with Gasteiger partial charge in [-0.25, -0.2) is 4.79 Å². The molecular formula is C74H106N4O20. The van der Waals surface area contributed by atoms with E-state index in [0.717, 1.165) is 17.7 Å². The summed E-state index contributed by atoms with van der Waals surface area (Å²) in [5.41, 5.74) is 4.41. The van der Waals surface area contributed by atoms with E-state index in [1.54, 1.807) is 61.2 Å². The highest BCUT2D eigenvalue weighted by Gasteiger charge is 2.64. The van der Waals surface area contributed by atoms with E-state index >= 15 is 0 Å². The van der Waals surface area contributed by atoms with Crippen LogP contribution >= 0.6 is 0 Å². The number of carbonyl (C=O) groups excluding carboxylic acids is 8. The predicted octanol–water partition coefficient (Wildman–Crippen LogP) is 6.21. The number of aliphatic hydroxyl groups excluding tert-OH is 4. The second-order valence-electron chi connectivity index (χ2n) is 28.9. The molecule has 3 heterocycles. The van der Waals surface area contributed by atoms with Crippen LogP contribution in [0.1, 0.15) is 143 Å². The van der Waals surface area contributed by atoms with Crippen LogP contribution in [0.3, 0.4) is 0 Å². The number of aromatic hydroxyl groups is 1. The third-order valence-corrected chi connectivity index (χ3v) is 21.5. The topological polar surface area (TPSA) is 360 Å². The number of piperidine rings is 1.